The third-order valence-corrected chi connectivity index (χ3v) is 3.63. The highest BCUT2D eigenvalue weighted by molar-refractivity contribution is 5.37. The first-order valence-electron chi connectivity index (χ1n) is 7.46. The average molecular weight is 271 g/mol. The van der Waals surface area contributed by atoms with Gasteiger partial charge in [-0.05, 0) is 41.0 Å². The second-order valence-corrected chi connectivity index (χ2v) is 6.32. The summed E-state index contributed by atoms with van der Waals surface area (Å²) in [5, 5.41) is 4.61. The normalized spacial score (nSPS) is 11.8. The van der Waals surface area contributed by atoms with Crippen molar-refractivity contribution in [3.8, 4) is 5.82 Å². The van der Waals surface area contributed by atoms with E-state index in [1.807, 2.05) is 17.1 Å². The van der Waals surface area contributed by atoms with E-state index in [9.17, 15) is 0 Å². The van der Waals surface area contributed by atoms with Crippen molar-refractivity contribution in [2.24, 2.45) is 0 Å². The second kappa shape index (κ2) is 5.78. The third-order valence-electron chi connectivity index (χ3n) is 3.63. The molecule has 0 saturated carbocycles. The highest BCUT2D eigenvalue weighted by atomic mass is 15.3. The first-order valence-corrected chi connectivity index (χ1v) is 7.46. The summed E-state index contributed by atoms with van der Waals surface area (Å²) >= 11 is 0. The van der Waals surface area contributed by atoms with E-state index in [4.69, 9.17) is 0 Å². The van der Waals surface area contributed by atoms with Crippen LogP contribution in [0, 0.1) is 0 Å². The molecule has 0 amide bonds. The van der Waals surface area contributed by atoms with E-state index >= 15 is 0 Å². The minimum absolute atomic E-state index is 0.441. The smallest absolute Gasteiger partial charge is 0.153 e. The van der Waals surface area contributed by atoms with Crippen molar-refractivity contribution < 1.29 is 0 Å². The Bertz CT molecular complexity index is 580. The molecule has 0 atom stereocenters. The van der Waals surface area contributed by atoms with Gasteiger partial charge in [0.2, 0.25) is 0 Å². The number of nitrogens with zero attached hydrogens (tertiary/aromatic N) is 3. The van der Waals surface area contributed by atoms with Gasteiger partial charge in [0.15, 0.2) is 5.82 Å². The molecule has 2 heterocycles. The van der Waals surface area contributed by atoms with Crippen LogP contribution in [0.2, 0.25) is 0 Å². The Kier molecular flexibility index (Phi) is 4.26. The van der Waals surface area contributed by atoms with Gasteiger partial charge in [-0.15, -0.1) is 0 Å². The molecule has 3 heteroatoms. The molecule has 0 radical (unpaired) electrons. The Labute approximate surface area is 122 Å². The van der Waals surface area contributed by atoms with Crippen LogP contribution in [-0.4, -0.2) is 14.8 Å². The summed E-state index contributed by atoms with van der Waals surface area (Å²) in [5.74, 6) is 2.34. The van der Waals surface area contributed by atoms with Crippen LogP contribution in [0.15, 0.2) is 24.5 Å². The number of hydrogen-bond donors (Lipinski definition) is 0. The standard InChI is InChI=1S/C17H25N3/c1-11(2)14-9-17(18-10-15(14)12(3)4)20-8-7-16(19-20)13(5)6/h7-13H,1-6H3. The molecule has 2 aromatic heterocycles. The lowest BCUT2D eigenvalue weighted by molar-refractivity contribution is 0.742. The van der Waals surface area contributed by atoms with Gasteiger partial charge < -0.3 is 0 Å². The van der Waals surface area contributed by atoms with E-state index in [0.29, 0.717) is 17.8 Å². The summed E-state index contributed by atoms with van der Waals surface area (Å²) in [5.41, 5.74) is 3.80. The molecule has 108 valence electrons. The number of hydrogen-bond acceptors (Lipinski definition) is 2. The second-order valence-electron chi connectivity index (χ2n) is 6.32. The van der Waals surface area contributed by atoms with E-state index in [1.54, 1.807) is 0 Å². The maximum atomic E-state index is 4.61. The maximum absolute atomic E-state index is 4.61. The zero-order chi connectivity index (χ0) is 14.9. The molecule has 0 aliphatic heterocycles. The Morgan fingerprint density at radius 3 is 2.05 bits per heavy atom. The van der Waals surface area contributed by atoms with Gasteiger partial charge in [-0.3, -0.25) is 0 Å². The zero-order valence-corrected chi connectivity index (χ0v) is 13.4. The molecule has 20 heavy (non-hydrogen) atoms. The van der Waals surface area contributed by atoms with Gasteiger partial charge in [-0.2, -0.15) is 5.10 Å². The van der Waals surface area contributed by atoms with Crippen molar-refractivity contribution >= 4 is 0 Å². The van der Waals surface area contributed by atoms with Crippen LogP contribution < -0.4 is 0 Å². The van der Waals surface area contributed by atoms with Crippen molar-refractivity contribution in [2.75, 3.05) is 0 Å². The predicted molar refractivity (Wildman–Crippen MR) is 83.6 cm³/mol. The molecule has 2 rings (SSSR count). The molecule has 0 unspecified atom stereocenters. The summed E-state index contributed by atoms with van der Waals surface area (Å²) < 4.78 is 1.88. The lowest BCUT2D eigenvalue weighted by Crippen LogP contribution is -2.05. The maximum Gasteiger partial charge on any atom is 0.153 e. The number of pyridine rings is 1. The molecule has 0 spiro atoms. The molecule has 0 saturated heterocycles. The molecule has 0 aliphatic rings. The van der Waals surface area contributed by atoms with Crippen LogP contribution >= 0.6 is 0 Å². The average Bonchev–Trinajstić information content (AvgIpc) is 2.87. The van der Waals surface area contributed by atoms with Gasteiger partial charge in [0.05, 0.1) is 5.69 Å². The van der Waals surface area contributed by atoms with Gasteiger partial charge >= 0.3 is 0 Å². The van der Waals surface area contributed by atoms with Gasteiger partial charge in [-0.1, -0.05) is 41.5 Å². The van der Waals surface area contributed by atoms with E-state index in [-0.39, 0.29) is 0 Å². The minimum Gasteiger partial charge on any atom is -0.237 e. The van der Waals surface area contributed by atoms with Gasteiger partial charge in [-0.25, -0.2) is 9.67 Å². The monoisotopic (exact) mass is 271 g/mol. The van der Waals surface area contributed by atoms with Crippen molar-refractivity contribution in [3.63, 3.8) is 0 Å². The Balaban J connectivity index is 2.44. The van der Waals surface area contributed by atoms with Crippen molar-refractivity contribution in [2.45, 2.75) is 59.3 Å². The van der Waals surface area contributed by atoms with E-state index < -0.39 is 0 Å². The fourth-order valence-electron chi connectivity index (χ4n) is 2.35. The fraction of sp³-hybridized carbons (Fsp3) is 0.529. The summed E-state index contributed by atoms with van der Waals surface area (Å²) in [6.07, 6.45) is 4.00. The number of aromatic nitrogens is 3. The topological polar surface area (TPSA) is 30.7 Å². The molecule has 0 fully saturated rings. The van der Waals surface area contributed by atoms with Crippen LogP contribution in [0.5, 0.6) is 0 Å². The molecular weight excluding hydrogens is 246 g/mol. The Morgan fingerprint density at radius 1 is 0.900 bits per heavy atom. The van der Waals surface area contributed by atoms with E-state index in [1.165, 1.54) is 11.1 Å². The van der Waals surface area contributed by atoms with Crippen molar-refractivity contribution in [3.05, 3.63) is 41.3 Å². The van der Waals surface area contributed by atoms with Gasteiger partial charge in [0.1, 0.15) is 0 Å². The molecular formula is C17H25N3. The summed E-state index contributed by atoms with van der Waals surface area (Å²) in [4.78, 5) is 4.59. The molecule has 0 N–H and O–H groups in total. The lowest BCUT2D eigenvalue weighted by atomic mass is 9.92. The first kappa shape index (κ1) is 14.8. The first-order chi connectivity index (χ1) is 9.40. The minimum atomic E-state index is 0.441. The highest BCUT2D eigenvalue weighted by Crippen LogP contribution is 2.27. The SMILES string of the molecule is CC(C)c1ccn(-c2cc(C(C)C)c(C(C)C)cn2)n1. The Hall–Kier alpha value is -1.64. The summed E-state index contributed by atoms with van der Waals surface area (Å²) in [6.45, 7) is 13.2. The van der Waals surface area contributed by atoms with E-state index in [2.05, 4.69) is 63.8 Å². The van der Waals surface area contributed by atoms with Crippen LogP contribution in [0.4, 0.5) is 0 Å². The molecule has 3 nitrogen and oxygen atoms in total. The van der Waals surface area contributed by atoms with Gasteiger partial charge in [0.25, 0.3) is 0 Å². The van der Waals surface area contributed by atoms with Crippen LogP contribution in [0.3, 0.4) is 0 Å². The predicted octanol–water partition coefficient (Wildman–Crippen LogP) is 4.64. The van der Waals surface area contributed by atoms with Crippen molar-refractivity contribution in [1.29, 1.82) is 0 Å². The van der Waals surface area contributed by atoms with E-state index in [0.717, 1.165) is 11.5 Å². The van der Waals surface area contributed by atoms with Crippen LogP contribution in [-0.2, 0) is 0 Å². The third kappa shape index (κ3) is 2.92. The Morgan fingerprint density at radius 2 is 1.55 bits per heavy atom. The summed E-state index contributed by atoms with van der Waals surface area (Å²) in [6, 6.07) is 4.24. The number of rotatable bonds is 4. The van der Waals surface area contributed by atoms with Crippen LogP contribution in [0.1, 0.15) is 76.1 Å². The quantitative estimate of drug-likeness (QED) is 0.811. The zero-order valence-electron chi connectivity index (χ0n) is 13.4. The molecule has 2 aromatic rings. The lowest BCUT2D eigenvalue weighted by Gasteiger charge is -2.16. The van der Waals surface area contributed by atoms with Gasteiger partial charge in [0, 0.05) is 12.4 Å². The van der Waals surface area contributed by atoms with Crippen LogP contribution in [0.25, 0.3) is 5.82 Å². The largest absolute Gasteiger partial charge is 0.237 e. The molecule has 0 aromatic carbocycles. The fourth-order valence-corrected chi connectivity index (χ4v) is 2.35. The highest BCUT2D eigenvalue weighted by Gasteiger charge is 2.13. The summed E-state index contributed by atoms with van der Waals surface area (Å²) in [7, 11) is 0. The van der Waals surface area contributed by atoms with Crippen molar-refractivity contribution in [1.82, 2.24) is 14.8 Å². The molecule has 0 aliphatic carbocycles. The molecule has 0 bridgehead atoms.